The molecule has 2 aromatic rings. The van der Waals surface area contributed by atoms with Crippen LogP contribution < -0.4 is 15.4 Å². The monoisotopic (exact) mass is 482 g/mol. The maximum Gasteiger partial charge on any atom is 0.257 e. The summed E-state index contributed by atoms with van der Waals surface area (Å²) in [4.78, 5) is 12.4. The number of aryl methyl sites for hydroxylation is 2. The average molecular weight is 482 g/mol. The Labute approximate surface area is 173 Å². The van der Waals surface area contributed by atoms with E-state index in [9.17, 15) is 4.79 Å². The highest BCUT2D eigenvalue weighted by molar-refractivity contribution is 14.1. The number of halogens is 1. The van der Waals surface area contributed by atoms with Crippen molar-refractivity contribution in [3.05, 3.63) is 56.7 Å². The predicted molar refractivity (Wildman–Crippen MR) is 119 cm³/mol. The molecule has 0 aliphatic heterocycles. The van der Waals surface area contributed by atoms with Gasteiger partial charge in [0.15, 0.2) is 5.11 Å². The van der Waals surface area contributed by atoms with Crippen molar-refractivity contribution in [2.45, 2.75) is 40.2 Å². The number of rotatable bonds is 5. The average Bonchev–Trinajstić information content (AvgIpc) is 2.59. The number of carbonyl (C=O) groups is 1. The molecule has 1 atom stereocenters. The van der Waals surface area contributed by atoms with Crippen molar-refractivity contribution in [2.24, 2.45) is 0 Å². The highest BCUT2D eigenvalue weighted by atomic mass is 127. The highest BCUT2D eigenvalue weighted by Crippen LogP contribution is 2.21. The van der Waals surface area contributed by atoms with Crippen LogP contribution in [0.3, 0.4) is 0 Å². The van der Waals surface area contributed by atoms with Crippen molar-refractivity contribution in [1.29, 1.82) is 0 Å². The number of nitrogens with one attached hydrogen (secondary N) is 2. The number of benzene rings is 2. The van der Waals surface area contributed by atoms with E-state index in [2.05, 4.69) is 40.1 Å². The molecular weight excluding hydrogens is 459 g/mol. The molecule has 0 spiro atoms. The van der Waals surface area contributed by atoms with Crippen molar-refractivity contribution in [1.82, 2.24) is 5.32 Å². The fourth-order valence-corrected chi connectivity index (χ4v) is 2.90. The minimum atomic E-state index is -0.268. The number of hydrogen-bond donors (Lipinski definition) is 2. The molecule has 0 saturated carbocycles. The Morgan fingerprint density at radius 1 is 1.23 bits per heavy atom. The summed E-state index contributed by atoms with van der Waals surface area (Å²) in [7, 11) is 0. The second-order valence-corrected chi connectivity index (χ2v) is 7.68. The summed E-state index contributed by atoms with van der Waals surface area (Å²) in [5, 5.41) is 6.06. The van der Waals surface area contributed by atoms with Crippen LogP contribution in [0.4, 0.5) is 5.69 Å². The van der Waals surface area contributed by atoms with E-state index >= 15 is 0 Å². The number of carbonyl (C=O) groups excluding carboxylic acids is 1. The van der Waals surface area contributed by atoms with Gasteiger partial charge in [0, 0.05) is 14.8 Å². The molecule has 138 valence electrons. The van der Waals surface area contributed by atoms with E-state index in [0.29, 0.717) is 11.3 Å². The second kappa shape index (κ2) is 9.32. The van der Waals surface area contributed by atoms with Gasteiger partial charge in [-0.1, -0.05) is 13.0 Å². The van der Waals surface area contributed by atoms with E-state index in [4.69, 9.17) is 17.0 Å². The largest absolute Gasteiger partial charge is 0.491 e. The minimum absolute atomic E-state index is 0.100. The van der Waals surface area contributed by atoms with Crippen LogP contribution in [0.25, 0.3) is 0 Å². The Morgan fingerprint density at radius 2 is 1.88 bits per heavy atom. The molecule has 0 aromatic heterocycles. The Bertz CT molecular complexity index is 800. The lowest BCUT2D eigenvalue weighted by molar-refractivity contribution is 0.0977. The first-order chi connectivity index (χ1) is 12.3. The van der Waals surface area contributed by atoms with Crippen LogP contribution in [0.1, 0.15) is 41.8 Å². The van der Waals surface area contributed by atoms with Gasteiger partial charge in [0.1, 0.15) is 5.75 Å². The fraction of sp³-hybridized carbons (Fsp3) is 0.300. The van der Waals surface area contributed by atoms with Crippen molar-refractivity contribution in [3.63, 3.8) is 0 Å². The summed E-state index contributed by atoms with van der Waals surface area (Å²) in [6, 6.07) is 11.1. The molecule has 0 radical (unpaired) electrons. The molecule has 1 amide bonds. The molecule has 0 bridgehead atoms. The minimum Gasteiger partial charge on any atom is -0.491 e. The number of thiocarbonyl (C=S) groups is 1. The molecular formula is C20H23IN2O2S. The van der Waals surface area contributed by atoms with Gasteiger partial charge in [0.25, 0.3) is 5.91 Å². The molecule has 0 saturated heterocycles. The number of amides is 1. The Kier molecular flexibility index (Phi) is 7.40. The Morgan fingerprint density at radius 3 is 2.50 bits per heavy atom. The molecule has 0 aliphatic rings. The topological polar surface area (TPSA) is 50.4 Å². The van der Waals surface area contributed by atoms with Crippen LogP contribution in [-0.2, 0) is 0 Å². The third kappa shape index (κ3) is 5.67. The zero-order chi connectivity index (χ0) is 19.3. The van der Waals surface area contributed by atoms with Gasteiger partial charge in [-0.05, 0) is 103 Å². The standard InChI is InChI=1S/C20H23IN2O2S/c1-5-14(4)25-17-8-6-7-15(11-17)19(24)23-20(26)22-16-9-12(2)18(21)13(3)10-16/h6-11,14H,5H2,1-4H3,(H2,22,23,24,26)/t14-/m1/s1. The lowest BCUT2D eigenvalue weighted by atomic mass is 10.1. The molecule has 2 rings (SSSR count). The van der Waals surface area contributed by atoms with Crippen LogP contribution >= 0.6 is 34.8 Å². The third-order valence-electron chi connectivity index (χ3n) is 3.93. The summed E-state index contributed by atoms with van der Waals surface area (Å²) in [6.07, 6.45) is 1.00. The lowest BCUT2D eigenvalue weighted by Crippen LogP contribution is -2.34. The normalized spacial score (nSPS) is 11.6. The van der Waals surface area contributed by atoms with Crippen molar-refractivity contribution < 1.29 is 9.53 Å². The summed E-state index contributed by atoms with van der Waals surface area (Å²) >= 11 is 7.60. The summed E-state index contributed by atoms with van der Waals surface area (Å²) in [5.41, 5.74) is 3.69. The van der Waals surface area contributed by atoms with E-state index in [-0.39, 0.29) is 17.1 Å². The van der Waals surface area contributed by atoms with Crippen molar-refractivity contribution in [2.75, 3.05) is 5.32 Å². The predicted octanol–water partition coefficient (Wildman–Crippen LogP) is 5.21. The molecule has 6 heteroatoms. The number of ether oxygens (including phenoxy) is 1. The Balaban J connectivity index is 2.03. The molecule has 0 heterocycles. The SMILES string of the molecule is CC[C@@H](C)Oc1cccc(C(=O)NC(=S)Nc2cc(C)c(I)c(C)c2)c1. The van der Waals surface area contributed by atoms with Gasteiger partial charge in [-0.25, -0.2) is 0 Å². The van der Waals surface area contributed by atoms with E-state index in [1.165, 1.54) is 3.57 Å². The second-order valence-electron chi connectivity index (χ2n) is 6.20. The lowest BCUT2D eigenvalue weighted by Gasteiger charge is -2.14. The van der Waals surface area contributed by atoms with Gasteiger partial charge >= 0.3 is 0 Å². The zero-order valence-electron chi connectivity index (χ0n) is 15.4. The molecule has 26 heavy (non-hydrogen) atoms. The molecule has 2 aromatic carbocycles. The van der Waals surface area contributed by atoms with Gasteiger partial charge < -0.3 is 10.1 Å². The number of anilines is 1. The Hall–Kier alpha value is -1.67. The van der Waals surface area contributed by atoms with Gasteiger partial charge in [-0.2, -0.15) is 0 Å². The van der Waals surface area contributed by atoms with E-state index in [1.807, 2.05) is 39.0 Å². The summed E-state index contributed by atoms with van der Waals surface area (Å²) < 4.78 is 6.99. The summed E-state index contributed by atoms with van der Waals surface area (Å²) in [5.74, 6) is 0.408. The molecule has 0 unspecified atom stereocenters. The first-order valence-corrected chi connectivity index (χ1v) is 9.94. The van der Waals surface area contributed by atoms with E-state index in [1.54, 1.807) is 18.2 Å². The molecule has 0 fully saturated rings. The van der Waals surface area contributed by atoms with Crippen LogP contribution in [0.2, 0.25) is 0 Å². The zero-order valence-corrected chi connectivity index (χ0v) is 18.3. The van der Waals surface area contributed by atoms with Gasteiger partial charge in [0.2, 0.25) is 0 Å². The van der Waals surface area contributed by atoms with Crippen LogP contribution in [0.5, 0.6) is 5.75 Å². The van der Waals surface area contributed by atoms with Crippen molar-refractivity contribution >= 4 is 51.5 Å². The molecule has 0 aliphatic carbocycles. The fourth-order valence-electron chi connectivity index (χ4n) is 2.38. The van der Waals surface area contributed by atoms with Gasteiger partial charge in [-0.3, -0.25) is 10.1 Å². The van der Waals surface area contributed by atoms with Crippen LogP contribution in [-0.4, -0.2) is 17.1 Å². The third-order valence-corrected chi connectivity index (χ3v) is 5.84. The van der Waals surface area contributed by atoms with Gasteiger partial charge in [-0.15, -0.1) is 0 Å². The van der Waals surface area contributed by atoms with Crippen LogP contribution in [0, 0.1) is 17.4 Å². The van der Waals surface area contributed by atoms with Gasteiger partial charge in [0.05, 0.1) is 6.10 Å². The first kappa shape index (κ1) is 20.6. The summed E-state index contributed by atoms with van der Waals surface area (Å²) in [6.45, 7) is 8.14. The number of hydrogen-bond acceptors (Lipinski definition) is 3. The van der Waals surface area contributed by atoms with E-state index in [0.717, 1.165) is 23.2 Å². The smallest absolute Gasteiger partial charge is 0.257 e. The van der Waals surface area contributed by atoms with Crippen LogP contribution in [0.15, 0.2) is 36.4 Å². The van der Waals surface area contributed by atoms with Crippen molar-refractivity contribution in [3.8, 4) is 5.75 Å². The first-order valence-electron chi connectivity index (χ1n) is 8.46. The van der Waals surface area contributed by atoms with E-state index < -0.39 is 0 Å². The highest BCUT2D eigenvalue weighted by Gasteiger charge is 2.11. The molecule has 2 N–H and O–H groups in total. The molecule has 4 nitrogen and oxygen atoms in total. The maximum absolute atomic E-state index is 12.4. The quantitative estimate of drug-likeness (QED) is 0.454. The maximum atomic E-state index is 12.4.